The lowest BCUT2D eigenvalue weighted by atomic mass is 9.93. The summed E-state index contributed by atoms with van der Waals surface area (Å²) in [7, 11) is 0. The van der Waals surface area contributed by atoms with Crippen LogP contribution in [0.2, 0.25) is 0 Å². The second kappa shape index (κ2) is 16.4. The molecule has 10 nitrogen and oxygen atoms in total. The number of halogens is 3. The number of hydrazine groups is 1. The van der Waals surface area contributed by atoms with E-state index in [9.17, 15) is 32.3 Å². The fourth-order valence-corrected chi connectivity index (χ4v) is 5.00. The second-order valence-electron chi connectivity index (χ2n) is 12.5. The van der Waals surface area contributed by atoms with Gasteiger partial charge in [-0.1, -0.05) is 42.5 Å². The van der Waals surface area contributed by atoms with Gasteiger partial charge < -0.3 is 20.1 Å². The van der Waals surface area contributed by atoms with E-state index in [1.165, 1.54) is 6.08 Å². The van der Waals surface area contributed by atoms with Gasteiger partial charge in [-0.3, -0.25) is 19.4 Å². The minimum atomic E-state index is -2.08. The van der Waals surface area contributed by atoms with Crippen LogP contribution in [0.5, 0.6) is 0 Å². The smallest absolute Gasteiger partial charge is 0.429 e. The van der Waals surface area contributed by atoms with E-state index in [-0.39, 0.29) is 13.0 Å². The van der Waals surface area contributed by atoms with Crippen LogP contribution in [-0.2, 0) is 30.5 Å². The van der Waals surface area contributed by atoms with E-state index in [2.05, 4.69) is 23.8 Å². The number of rotatable bonds is 13. The van der Waals surface area contributed by atoms with Gasteiger partial charge in [0.2, 0.25) is 11.7 Å². The van der Waals surface area contributed by atoms with Gasteiger partial charge >= 0.3 is 6.09 Å². The number of allylic oxidation sites excluding steroid dienone is 3. The first-order valence-electron chi connectivity index (χ1n) is 15.5. The maximum Gasteiger partial charge on any atom is 0.429 e. The van der Waals surface area contributed by atoms with Gasteiger partial charge in [0.15, 0.2) is 12.1 Å². The lowest BCUT2D eigenvalue weighted by molar-refractivity contribution is -0.159. The molecule has 1 aliphatic carbocycles. The summed E-state index contributed by atoms with van der Waals surface area (Å²) in [5.41, 5.74) is -0.898. The molecule has 0 radical (unpaired) electrons. The first-order valence-corrected chi connectivity index (χ1v) is 15.5. The van der Waals surface area contributed by atoms with Crippen molar-refractivity contribution in [3.05, 3.63) is 96.8 Å². The van der Waals surface area contributed by atoms with E-state index < -0.39 is 89.4 Å². The SMILES string of the molecule is C=CC[C@@H](C)N(C(=O)OC(C)(C)C)N1C=C(C(=O)NCC2C(F)=CC(F)=CC2F)C(=O)C(OCc2ccccc2)C1C(=O)N[C@@H](C)C=C. The molecule has 3 amide bonds. The predicted molar refractivity (Wildman–Crippen MR) is 174 cm³/mol. The molecule has 2 N–H and O–H groups in total. The summed E-state index contributed by atoms with van der Waals surface area (Å²) in [6.45, 7) is 14.9. The average Bonchev–Trinajstić information content (AvgIpc) is 2.99. The fraction of sp³-hybridized carbons (Fsp3) is 0.429. The van der Waals surface area contributed by atoms with E-state index in [4.69, 9.17) is 9.47 Å². The van der Waals surface area contributed by atoms with Gasteiger partial charge in [-0.25, -0.2) is 23.0 Å². The van der Waals surface area contributed by atoms with E-state index in [1.807, 2.05) is 0 Å². The highest BCUT2D eigenvalue weighted by Gasteiger charge is 2.49. The van der Waals surface area contributed by atoms with Crippen LogP contribution in [0.1, 0.15) is 46.6 Å². The monoisotopic (exact) mass is 672 g/mol. The minimum absolute atomic E-state index is 0.158. The normalized spacial score (nSPS) is 22.3. The molecular formula is C35H43F3N4O6. The van der Waals surface area contributed by atoms with Gasteiger partial charge in [0.1, 0.15) is 29.0 Å². The van der Waals surface area contributed by atoms with Gasteiger partial charge in [0.05, 0.1) is 18.6 Å². The fourth-order valence-electron chi connectivity index (χ4n) is 5.00. The number of ketones is 1. The Balaban J connectivity index is 2.15. The molecule has 1 aliphatic heterocycles. The Bertz CT molecular complexity index is 1470. The van der Waals surface area contributed by atoms with Crippen molar-refractivity contribution in [2.45, 2.75) is 83.6 Å². The van der Waals surface area contributed by atoms with Gasteiger partial charge in [-0.05, 0) is 52.7 Å². The summed E-state index contributed by atoms with van der Waals surface area (Å²) in [6, 6.07) is 5.93. The summed E-state index contributed by atoms with van der Waals surface area (Å²) < 4.78 is 54.2. The molecule has 0 spiro atoms. The lowest BCUT2D eigenvalue weighted by Crippen LogP contribution is -2.66. The third kappa shape index (κ3) is 9.69. The predicted octanol–water partition coefficient (Wildman–Crippen LogP) is 5.31. The highest BCUT2D eigenvalue weighted by atomic mass is 19.2. The Morgan fingerprint density at radius 2 is 1.79 bits per heavy atom. The molecule has 0 saturated carbocycles. The van der Waals surface area contributed by atoms with Gasteiger partial charge in [0.25, 0.3) is 5.91 Å². The number of carbonyl (C=O) groups is 4. The molecule has 48 heavy (non-hydrogen) atoms. The number of carbonyl (C=O) groups excluding carboxylic acids is 4. The Hall–Kier alpha value is -4.65. The Morgan fingerprint density at radius 1 is 1.12 bits per heavy atom. The number of ether oxygens (including phenoxy) is 2. The van der Waals surface area contributed by atoms with E-state index in [0.29, 0.717) is 17.7 Å². The van der Waals surface area contributed by atoms with Gasteiger partial charge in [-0.2, -0.15) is 0 Å². The summed E-state index contributed by atoms with van der Waals surface area (Å²) in [4.78, 5) is 55.5. The van der Waals surface area contributed by atoms with E-state index >= 15 is 0 Å². The van der Waals surface area contributed by atoms with E-state index in [0.717, 1.165) is 16.2 Å². The number of nitrogens with zero attached hydrogens (tertiary/aromatic N) is 2. The zero-order chi connectivity index (χ0) is 35.8. The third-order valence-corrected chi connectivity index (χ3v) is 7.44. The molecule has 2 aliphatic rings. The number of benzene rings is 1. The van der Waals surface area contributed by atoms with Crippen LogP contribution in [0.25, 0.3) is 0 Å². The quantitative estimate of drug-likeness (QED) is 0.216. The molecule has 260 valence electrons. The van der Waals surface area contributed by atoms with Crippen LogP contribution >= 0.6 is 0 Å². The van der Waals surface area contributed by atoms with Crippen molar-refractivity contribution in [1.29, 1.82) is 0 Å². The number of amides is 3. The van der Waals surface area contributed by atoms with Crippen LogP contribution in [0.3, 0.4) is 0 Å². The summed E-state index contributed by atoms with van der Waals surface area (Å²) in [6.07, 6.45) is 0.691. The molecule has 0 fully saturated rings. The summed E-state index contributed by atoms with van der Waals surface area (Å²) in [5.74, 6) is -6.47. The Labute approximate surface area is 279 Å². The highest BCUT2D eigenvalue weighted by molar-refractivity contribution is 6.22. The van der Waals surface area contributed by atoms with Crippen molar-refractivity contribution in [3.63, 3.8) is 0 Å². The van der Waals surface area contributed by atoms with Crippen molar-refractivity contribution < 1.29 is 41.8 Å². The average molecular weight is 673 g/mol. The molecule has 0 aromatic heterocycles. The number of hydrogen-bond acceptors (Lipinski definition) is 7. The standard InChI is InChI=1S/C35H43F3N4O6/c1-8-13-22(4)42(34(46)48-35(5,6)7)41-19-26(32(44)39-18-25-27(37)16-24(36)17-28(25)38)30(43)31(29(41)33(45)40-21(3)9-2)47-20-23-14-11-10-12-15-23/h8-12,14-17,19,21-22,25,27,29,31H,1-2,13,18,20H2,3-7H3,(H,39,44)(H,40,45)/t21-,22+,25?,27?,29?,31?/m0/s1. The molecule has 0 saturated heterocycles. The lowest BCUT2D eigenvalue weighted by Gasteiger charge is -2.46. The molecule has 13 heteroatoms. The zero-order valence-electron chi connectivity index (χ0n) is 27.8. The Kier molecular flexibility index (Phi) is 13.0. The van der Waals surface area contributed by atoms with Gasteiger partial charge in [0, 0.05) is 24.9 Å². The molecule has 6 atom stereocenters. The van der Waals surface area contributed by atoms with Crippen molar-refractivity contribution >= 4 is 23.7 Å². The summed E-state index contributed by atoms with van der Waals surface area (Å²) in [5, 5.41) is 7.29. The van der Waals surface area contributed by atoms with Crippen molar-refractivity contribution in [2.24, 2.45) is 5.92 Å². The maximum absolute atomic E-state index is 14.5. The first kappa shape index (κ1) is 37.8. The van der Waals surface area contributed by atoms with Crippen molar-refractivity contribution in [2.75, 3.05) is 6.54 Å². The van der Waals surface area contributed by atoms with Crippen LogP contribution in [0.15, 0.2) is 91.2 Å². The van der Waals surface area contributed by atoms with Crippen LogP contribution < -0.4 is 10.6 Å². The Morgan fingerprint density at radius 3 is 2.38 bits per heavy atom. The van der Waals surface area contributed by atoms with Gasteiger partial charge in [-0.15, -0.1) is 13.2 Å². The molecule has 1 aromatic rings. The maximum atomic E-state index is 14.5. The number of nitrogens with one attached hydrogen (secondary N) is 2. The first-order chi connectivity index (χ1) is 22.6. The number of hydrogen-bond donors (Lipinski definition) is 2. The molecule has 3 rings (SSSR count). The third-order valence-electron chi connectivity index (χ3n) is 7.44. The van der Waals surface area contributed by atoms with Crippen LogP contribution in [-0.4, -0.2) is 76.3 Å². The van der Waals surface area contributed by atoms with Crippen molar-refractivity contribution in [1.82, 2.24) is 20.7 Å². The van der Waals surface area contributed by atoms with Crippen molar-refractivity contribution in [3.8, 4) is 0 Å². The number of Topliss-reactive ketones (excluding diaryl/α,β-unsaturated/α-hetero) is 1. The molecular weight excluding hydrogens is 629 g/mol. The zero-order valence-corrected chi connectivity index (χ0v) is 27.8. The molecule has 1 aromatic carbocycles. The highest BCUT2D eigenvalue weighted by Crippen LogP contribution is 2.30. The van der Waals surface area contributed by atoms with Crippen LogP contribution in [0, 0.1) is 5.92 Å². The van der Waals surface area contributed by atoms with E-state index in [1.54, 1.807) is 71.0 Å². The molecule has 0 bridgehead atoms. The number of alkyl halides is 1. The largest absolute Gasteiger partial charge is 0.442 e. The summed E-state index contributed by atoms with van der Waals surface area (Å²) >= 11 is 0. The van der Waals surface area contributed by atoms with Crippen LogP contribution in [0.4, 0.5) is 18.0 Å². The molecule has 4 unspecified atom stereocenters. The topological polar surface area (TPSA) is 117 Å². The minimum Gasteiger partial charge on any atom is -0.442 e. The molecule has 1 heterocycles. The second-order valence-corrected chi connectivity index (χ2v) is 12.5.